The van der Waals surface area contributed by atoms with Gasteiger partial charge in [0.1, 0.15) is 12.1 Å². The molecule has 0 bridgehead atoms. The lowest BCUT2D eigenvalue weighted by molar-refractivity contribution is -0.140. The molecule has 1 aliphatic heterocycles. The molecule has 2 unspecified atom stereocenters. The molecule has 2 fully saturated rings. The maximum atomic E-state index is 13.3. The smallest absolute Gasteiger partial charge is 0.325 e. The van der Waals surface area contributed by atoms with Crippen LogP contribution in [0.3, 0.4) is 0 Å². The van der Waals surface area contributed by atoms with Crippen molar-refractivity contribution < 1.29 is 14.4 Å². The highest BCUT2D eigenvalue weighted by Crippen LogP contribution is 2.38. The fraction of sp³-hybridized carbons (Fsp3) is 0.423. The Balaban J connectivity index is 1.48. The molecule has 168 valence electrons. The molecule has 4 amide bonds. The number of rotatable bonds is 7. The molecule has 1 spiro atoms. The highest BCUT2D eigenvalue weighted by molar-refractivity contribution is 6.09. The first-order valence-corrected chi connectivity index (χ1v) is 11.5. The Kier molecular flexibility index (Phi) is 6.58. The van der Waals surface area contributed by atoms with Crippen molar-refractivity contribution in [2.45, 2.75) is 51.1 Å². The Morgan fingerprint density at radius 1 is 1.03 bits per heavy atom. The number of urea groups is 1. The number of nitrogens with one attached hydrogen (secondary N) is 1. The van der Waals surface area contributed by atoms with E-state index in [0.717, 1.165) is 35.3 Å². The number of benzene rings is 2. The topological polar surface area (TPSA) is 69.7 Å². The van der Waals surface area contributed by atoms with E-state index in [9.17, 15) is 14.4 Å². The number of amides is 4. The molecule has 0 radical (unpaired) electrons. The van der Waals surface area contributed by atoms with Gasteiger partial charge in [0.2, 0.25) is 5.91 Å². The third kappa shape index (κ3) is 4.54. The van der Waals surface area contributed by atoms with Gasteiger partial charge in [-0.1, -0.05) is 80.4 Å². The number of hydrogen-bond acceptors (Lipinski definition) is 3. The maximum absolute atomic E-state index is 13.3. The molecule has 2 aromatic carbocycles. The van der Waals surface area contributed by atoms with Gasteiger partial charge in [0, 0.05) is 13.1 Å². The predicted molar refractivity (Wildman–Crippen MR) is 123 cm³/mol. The standard InChI is InChI=1S/C26H31N3O3/c1-20-10-8-9-16-26(20)24(31)29(25(32)27-26)19-23(30)28(18-22-13-6-3-7-14-22)17-15-21-11-4-2-5-12-21/h2-7,11-14,20H,8-10,15-19H2,1H3,(H,27,32). The van der Waals surface area contributed by atoms with E-state index in [-0.39, 0.29) is 24.3 Å². The summed E-state index contributed by atoms with van der Waals surface area (Å²) in [6.45, 7) is 2.76. The van der Waals surface area contributed by atoms with Crippen molar-refractivity contribution in [1.29, 1.82) is 0 Å². The van der Waals surface area contributed by atoms with E-state index >= 15 is 0 Å². The molecule has 2 atom stereocenters. The first kappa shape index (κ1) is 22.1. The number of carbonyl (C=O) groups excluding carboxylic acids is 3. The van der Waals surface area contributed by atoms with Crippen LogP contribution in [-0.2, 0) is 22.6 Å². The lowest BCUT2D eigenvalue weighted by atomic mass is 9.73. The van der Waals surface area contributed by atoms with Gasteiger partial charge in [-0.15, -0.1) is 0 Å². The molecule has 1 N–H and O–H groups in total. The summed E-state index contributed by atoms with van der Waals surface area (Å²) in [5.41, 5.74) is 1.32. The van der Waals surface area contributed by atoms with E-state index < -0.39 is 11.6 Å². The van der Waals surface area contributed by atoms with Crippen LogP contribution in [0.5, 0.6) is 0 Å². The number of hydrogen-bond donors (Lipinski definition) is 1. The zero-order chi connectivity index (χ0) is 22.6. The second kappa shape index (κ2) is 9.55. The van der Waals surface area contributed by atoms with Crippen molar-refractivity contribution in [3.05, 3.63) is 71.8 Å². The maximum Gasteiger partial charge on any atom is 0.325 e. The quantitative estimate of drug-likeness (QED) is 0.676. The van der Waals surface area contributed by atoms with Crippen LogP contribution in [0.2, 0.25) is 0 Å². The first-order valence-electron chi connectivity index (χ1n) is 11.5. The van der Waals surface area contributed by atoms with Crippen molar-refractivity contribution in [3.63, 3.8) is 0 Å². The monoisotopic (exact) mass is 433 g/mol. The molecule has 6 heteroatoms. The van der Waals surface area contributed by atoms with E-state index in [1.54, 1.807) is 4.90 Å². The van der Waals surface area contributed by atoms with E-state index in [2.05, 4.69) is 5.32 Å². The van der Waals surface area contributed by atoms with Crippen molar-refractivity contribution >= 4 is 17.8 Å². The van der Waals surface area contributed by atoms with Crippen molar-refractivity contribution in [2.24, 2.45) is 5.92 Å². The summed E-state index contributed by atoms with van der Waals surface area (Å²) in [5.74, 6) is -0.383. The highest BCUT2D eigenvalue weighted by atomic mass is 16.2. The van der Waals surface area contributed by atoms with Crippen LogP contribution < -0.4 is 5.32 Å². The molecule has 1 aliphatic carbocycles. The van der Waals surface area contributed by atoms with Gasteiger partial charge in [-0.2, -0.15) is 0 Å². The molecule has 0 aromatic heterocycles. The molecule has 2 aliphatic rings. The largest absolute Gasteiger partial charge is 0.336 e. The van der Waals surface area contributed by atoms with Crippen LogP contribution >= 0.6 is 0 Å². The van der Waals surface area contributed by atoms with Crippen molar-refractivity contribution in [2.75, 3.05) is 13.1 Å². The van der Waals surface area contributed by atoms with Crippen LogP contribution in [0, 0.1) is 5.92 Å². The molecule has 1 saturated heterocycles. The Labute approximate surface area is 189 Å². The third-order valence-corrected chi connectivity index (χ3v) is 6.88. The summed E-state index contributed by atoms with van der Waals surface area (Å²) in [7, 11) is 0. The van der Waals surface area contributed by atoms with Gasteiger partial charge in [0.05, 0.1) is 0 Å². The van der Waals surface area contributed by atoms with Gasteiger partial charge in [0.15, 0.2) is 0 Å². The zero-order valence-corrected chi connectivity index (χ0v) is 18.6. The number of carbonyl (C=O) groups is 3. The summed E-state index contributed by atoms with van der Waals surface area (Å²) in [6.07, 6.45) is 4.24. The Morgan fingerprint density at radius 2 is 1.69 bits per heavy atom. The molecular formula is C26H31N3O3. The molecule has 2 aromatic rings. The van der Waals surface area contributed by atoms with Gasteiger partial charge < -0.3 is 10.2 Å². The van der Waals surface area contributed by atoms with E-state index in [0.29, 0.717) is 25.9 Å². The van der Waals surface area contributed by atoms with E-state index in [1.807, 2.05) is 67.6 Å². The zero-order valence-electron chi connectivity index (χ0n) is 18.6. The van der Waals surface area contributed by atoms with Gasteiger partial charge in [-0.05, 0) is 36.3 Å². The predicted octanol–water partition coefficient (Wildman–Crippen LogP) is 3.76. The van der Waals surface area contributed by atoms with Gasteiger partial charge >= 0.3 is 6.03 Å². The summed E-state index contributed by atoms with van der Waals surface area (Å²) in [6, 6.07) is 19.4. The average Bonchev–Trinajstić information content (AvgIpc) is 3.04. The SMILES string of the molecule is CC1CCCCC12NC(=O)N(CC(=O)N(CCc1ccccc1)Cc1ccccc1)C2=O. The lowest BCUT2D eigenvalue weighted by Crippen LogP contribution is -2.54. The van der Waals surface area contributed by atoms with Gasteiger partial charge in [0.25, 0.3) is 5.91 Å². The first-order chi connectivity index (χ1) is 15.5. The van der Waals surface area contributed by atoms with Crippen LogP contribution in [0.1, 0.15) is 43.7 Å². The van der Waals surface area contributed by atoms with Crippen LogP contribution in [-0.4, -0.2) is 46.3 Å². The molecule has 4 rings (SSSR count). The minimum absolute atomic E-state index is 0.0753. The van der Waals surface area contributed by atoms with E-state index in [1.165, 1.54) is 0 Å². The normalized spacial score (nSPS) is 22.8. The summed E-state index contributed by atoms with van der Waals surface area (Å²) in [4.78, 5) is 42.2. The van der Waals surface area contributed by atoms with Crippen LogP contribution in [0.15, 0.2) is 60.7 Å². The van der Waals surface area contributed by atoms with Crippen molar-refractivity contribution in [3.8, 4) is 0 Å². The summed E-state index contributed by atoms with van der Waals surface area (Å²) in [5, 5.41) is 2.94. The van der Waals surface area contributed by atoms with Gasteiger partial charge in [-0.25, -0.2) is 4.79 Å². The second-order valence-electron chi connectivity index (χ2n) is 8.98. The molecule has 6 nitrogen and oxygen atoms in total. The Hall–Kier alpha value is -3.15. The fourth-order valence-corrected chi connectivity index (χ4v) is 4.88. The van der Waals surface area contributed by atoms with Crippen LogP contribution in [0.4, 0.5) is 4.79 Å². The number of nitrogens with zero attached hydrogens (tertiary/aromatic N) is 2. The Morgan fingerprint density at radius 3 is 2.34 bits per heavy atom. The molecule has 1 heterocycles. The second-order valence-corrected chi connectivity index (χ2v) is 8.98. The van der Waals surface area contributed by atoms with E-state index in [4.69, 9.17) is 0 Å². The molecular weight excluding hydrogens is 402 g/mol. The lowest BCUT2D eigenvalue weighted by Gasteiger charge is -2.36. The van der Waals surface area contributed by atoms with Crippen molar-refractivity contribution in [1.82, 2.24) is 15.1 Å². The minimum Gasteiger partial charge on any atom is -0.336 e. The summed E-state index contributed by atoms with van der Waals surface area (Å²) < 4.78 is 0. The third-order valence-electron chi connectivity index (χ3n) is 6.88. The highest BCUT2D eigenvalue weighted by Gasteiger charge is 2.55. The fourth-order valence-electron chi connectivity index (χ4n) is 4.88. The van der Waals surface area contributed by atoms with Crippen LogP contribution in [0.25, 0.3) is 0 Å². The average molecular weight is 434 g/mol. The number of imide groups is 1. The van der Waals surface area contributed by atoms with Gasteiger partial charge in [-0.3, -0.25) is 14.5 Å². The minimum atomic E-state index is -0.843. The Bertz CT molecular complexity index is 963. The summed E-state index contributed by atoms with van der Waals surface area (Å²) >= 11 is 0. The molecule has 32 heavy (non-hydrogen) atoms. The molecule has 1 saturated carbocycles.